The van der Waals surface area contributed by atoms with Gasteiger partial charge in [0.2, 0.25) is 0 Å². The van der Waals surface area contributed by atoms with Gasteiger partial charge in [-0.1, -0.05) is 0 Å². The molecule has 0 bridgehead atoms. The molecule has 16 heavy (non-hydrogen) atoms. The fourth-order valence-electron chi connectivity index (χ4n) is 1.61. The molecule has 1 aliphatic rings. The number of carbonyl (C=O) groups is 1. The van der Waals surface area contributed by atoms with Gasteiger partial charge in [0.1, 0.15) is 0 Å². The van der Waals surface area contributed by atoms with Crippen molar-refractivity contribution < 1.29 is 14.3 Å². The molecule has 8 heteroatoms. The SMILES string of the molecule is CN1CCN(C(=O)c2c(N)no[n+]2[O-])CC1. The van der Waals surface area contributed by atoms with Gasteiger partial charge < -0.3 is 20.7 Å². The number of amides is 1. The van der Waals surface area contributed by atoms with Crippen molar-refractivity contribution in [3.63, 3.8) is 0 Å². The summed E-state index contributed by atoms with van der Waals surface area (Å²) < 4.78 is 4.26. The van der Waals surface area contributed by atoms with Crippen molar-refractivity contribution in [3.8, 4) is 0 Å². The highest BCUT2D eigenvalue weighted by atomic mass is 16.8. The summed E-state index contributed by atoms with van der Waals surface area (Å²) in [5.41, 5.74) is 5.16. The van der Waals surface area contributed by atoms with E-state index in [2.05, 4.69) is 14.7 Å². The van der Waals surface area contributed by atoms with E-state index in [0.717, 1.165) is 13.1 Å². The molecular weight excluding hydrogens is 214 g/mol. The normalized spacial score (nSPS) is 17.7. The van der Waals surface area contributed by atoms with Gasteiger partial charge in [-0.15, -0.1) is 0 Å². The summed E-state index contributed by atoms with van der Waals surface area (Å²) in [4.78, 5) is 15.6. The van der Waals surface area contributed by atoms with Crippen LogP contribution >= 0.6 is 0 Å². The lowest BCUT2D eigenvalue weighted by molar-refractivity contribution is -0.803. The van der Waals surface area contributed by atoms with Crippen molar-refractivity contribution in [1.82, 2.24) is 15.0 Å². The first kappa shape index (κ1) is 10.7. The monoisotopic (exact) mass is 227 g/mol. The molecule has 2 rings (SSSR count). The van der Waals surface area contributed by atoms with Crippen LogP contribution in [0.4, 0.5) is 5.82 Å². The number of hydrogen-bond donors (Lipinski definition) is 1. The van der Waals surface area contributed by atoms with Crippen LogP contribution in [0.3, 0.4) is 0 Å². The van der Waals surface area contributed by atoms with Crippen molar-refractivity contribution in [2.24, 2.45) is 0 Å². The van der Waals surface area contributed by atoms with E-state index in [-0.39, 0.29) is 16.4 Å². The Bertz CT molecular complexity index is 377. The van der Waals surface area contributed by atoms with Gasteiger partial charge >= 0.3 is 17.4 Å². The van der Waals surface area contributed by atoms with E-state index < -0.39 is 5.91 Å². The largest absolute Gasteiger partial charge is 0.359 e. The fraction of sp³-hybridized carbons (Fsp3) is 0.625. The summed E-state index contributed by atoms with van der Waals surface area (Å²) in [6, 6.07) is 0. The van der Waals surface area contributed by atoms with E-state index in [1.165, 1.54) is 0 Å². The molecule has 1 aliphatic heterocycles. The lowest BCUT2D eigenvalue weighted by Crippen LogP contribution is -2.49. The zero-order valence-electron chi connectivity index (χ0n) is 8.92. The molecule has 0 radical (unpaired) electrons. The van der Waals surface area contributed by atoms with Crippen LogP contribution < -0.4 is 10.6 Å². The van der Waals surface area contributed by atoms with E-state index in [9.17, 15) is 10.0 Å². The van der Waals surface area contributed by atoms with Crippen LogP contribution in [-0.4, -0.2) is 54.1 Å². The highest BCUT2D eigenvalue weighted by Crippen LogP contribution is 2.09. The quantitative estimate of drug-likeness (QED) is 0.572. The summed E-state index contributed by atoms with van der Waals surface area (Å²) >= 11 is 0. The molecule has 0 aliphatic carbocycles. The predicted molar refractivity (Wildman–Crippen MR) is 53.3 cm³/mol. The molecule has 1 amide bonds. The first-order valence-electron chi connectivity index (χ1n) is 4.92. The third-order valence-electron chi connectivity index (χ3n) is 2.63. The van der Waals surface area contributed by atoms with Crippen LogP contribution in [0.1, 0.15) is 10.5 Å². The number of nitrogens with two attached hydrogens (primary N) is 1. The molecule has 88 valence electrons. The second-order valence-corrected chi connectivity index (χ2v) is 3.76. The van der Waals surface area contributed by atoms with Crippen LogP contribution in [0.2, 0.25) is 0 Å². The van der Waals surface area contributed by atoms with E-state index in [0.29, 0.717) is 13.1 Å². The van der Waals surface area contributed by atoms with Crippen molar-refractivity contribution >= 4 is 11.7 Å². The number of nitrogens with zero attached hydrogens (tertiary/aromatic N) is 4. The first-order chi connectivity index (χ1) is 7.59. The molecule has 1 saturated heterocycles. The van der Waals surface area contributed by atoms with E-state index in [4.69, 9.17) is 5.73 Å². The lowest BCUT2D eigenvalue weighted by atomic mass is 10.3. The van der Waals surface area contributed by atoms with Crippen LogP contribution in [-0.2, 0) is 0 Å². The molecule has 1 fully saturated rings. The van der Waals surface area contributed by atoms with Gasteiger partial charge in [-0.3, -0.25) is 9.42 Å². The molecule has 0 atom stereocenters. The second kappa shape index (κ2) is 3.97. The number of aromatic nitrogens is 2. The molecule has 0 unspecified atom stereocenters. The Labute approximate surface area is 91.7 Å². The summed E-state index contributed by atoms with van der Waals surface area (Å²) in [5.74, 6) is -0.597. The second-order valence-electron chi connectivity index (χ2n) is 3.76. The number of likely N-dealkylation sites (N-methyl/N-ethyl adjacent to an activating group) is 1. The van der Waals surface area contributed by atoms with Crippen LogP contribution in [0.5, 0.6) is 0 Å². The zero-order chi connectivity index (χ0) is 11.7. The Kier molecular flexibility index (Phi) is 2.65. The van der Waals surface area contributed by atoms with Crippen molar-refractivity contribution in [2.75, 3.05) is 39.0 Å². The van der Waals surface area contributed by atoms with Gasteiger partial charge in [-0.25, -0.2) is 0 Å². The summed E-state index contributed by atoms with van der Waals surface area (Å²) in [7, 11) is 1.98. The van der Waals surface area contributed by atoms with E-state index in [1.807, 2.05) is 7.05 Å². The number of piperazine rings is 1. The topological polar surface area (TPSA) is 103 Å². The Morgan fingerprint density at radius 1 is 1.50 bits per heavy atom. The Morgan fingerprint density at radius 2 is 2.12 bits per heavy atom. The third kappa shape index (κ3) is 1.78. The van der Waals surface area contributed by atoms with Gasteiger partial charge in [-0.2, -0.15) is 0 Å². The molecule has 2 heterocycles. The maximum atomic E-state index is 11.9. The van der Waals surface area contributed by atoms with Gasteiger partial charge in [0.15, 0.2) is 0 Å². The maximum absolute atomic E-state index is 11.9. The Morgan fingerprint density at radius 3 is 2.62 bits per heavy atom. The third-order valence-corrected chi connectivity index (χ3v) is 2.63. The Balaban J connectivity index is 2.14. The van der Waals surface area contributed by atoms with E-state index >= 15 is 0 Å². The highest BCUT2D eigenvalue weighted by molar-refractivity contribution is 5.94. The minimum absolute atomic E-state index is 0.0516. The van der Waals surface area contributed by atoms with Gasteiger partial charge in [0.25, 0.3) is 0 Å². The minimum Gasteiger partial charge on any atom is -0.359 e. The molecule has 1 aromatic rings. The summed E-state index contributed by atoms with van der Waals surface area (Å²) in [6.07, 6.45) is 0. The minimum atomic E-state index is -0.429. The standard InChI is InChI=1S/C8H13N5O3/c1-11-2-4-12(5-3-11)8(14)6-7(9)10-16-13(6)15/h2-5H2,1H3,(H2,9,10). The molecule has 0 aromatic carbocycles. The molecule has 0 saturated carbocycles. The number of carbonyl (C=O) groups excluding carboxylic acids is 1. The van der Waals surface area contributed by atoms with Crippen molar-refractivity contribution in [3.05, 3.63) is 10.9 Å². The lowest BCUT2D eigenvalue weighted by Gasteiger charge is -2.31. The average Bonchev–Trinajstić information content (AvgIpc) is 2.59. The van der Waals surface area contributed by atoms with Gasteiger partial charge in [-0.05, 0) is 12.0 Å². The number of hydrogen-bond acceptors (Lipinski definition) is 6. The number of nitrogen functional groups attached to an aromatic ring is 1. The highest BCUT2D eigenvalue weighted by Gasteiger charge is 2.30. The summed E-state index contributed by atoms with van der Waals surface area (Å²) in [5, 5.41) is 14.4. The summed E-state index contributed by atoms with van der Waals surface area (Å²) in [6.45, 7) is 2.69. The molecule has 8 nitrogen and oxygen atoms in total. The van der Waals surface area contributed by atoms with Crippen molar-refractivity contribution in [1.29, 1.82) is 0 Å². The van der Waals surface area contributed by atoms with Gasteiger partial charge in [0, 0.05) is 26.2 Å². The predicted octanol–water partition coefficient (Wildman–Crippen LogP) is -1.72. The number of rotatable bonds is 1. The maximum Gasteiger partial charge on any atom is 0.318 e. The zero-order valence-corrected chi connectivity index (χ0v) is 8.92. The van der Waals surface area contributed by atoms with Crippen LogP contribution in [0, 0.1) is 5.21 Å². The number of anilines is 1. The molecule has 1 aromatic heterocycles. The Hall–Kier alpha value is -1.83. The van der Waals surface area contributed by atoms with Crippen LogP contribution in [0.25, 0.3) is 0 Å². The van der Waals surface area contributed by atoms with Crippen molar-refractivity contribution in [2.45, 2.75) is 0 Å². The smallest absolute Gasteiger partial charge is 0.318 e. The molecular formula is C8H13N5O3. The average molecular weight is 227 g/mol. The van der Waals surface area contributed by atoms with E-state index in [1.54, 1.807) is 4.90 Å². The first-order valence-corrected chi connectivity index (χ1v) is 4.92. The van der Waals surface area contributed by atoms with Gasteiger partial charge in [0.05, 0.1) is 5.16 Å². The fourth-order valence-corrected chi connectivity index (χ4v) is 1.61. The van der Waals surface area contributed by atoms with Crippen LogP contribution in [0.15, 0.2) is 4.63 Å². The molecule has 0 spiro atoms. The molecule has 2 N–H and O–H groups in total.